The van der Waals surface area contributed by atoms with Crippen LogP contribution in [0.1, 0.15) is 25.3 Å². The van der Waals surface area contributed by atoms with Gasteiger partial charge in [0.2, 0.25) is 10.0 Å². The Morgan fingerprint density at radius 1 is 1.35 bits per heavy atom. The molecule has 0 saturated carbocycles. The minimum atomic E-state index is -3.39. The van der Waals surface area contributed by atoms with Crippen LogP contribution in [0, 0.1) is 11.3 Å². The first-order chi connectivity index (χ1) is 8.05. The Bertz CT molecular complexity index is 543. The highest BCUT2D eigenvalue weighted by Gasteiger charge is 2.32. The second-order valence-corrected chi connectivity index (χ2v) is 6.13. The predicted molar refractivity (Wildman–Crippen MR) is 63.7 cm³/mol. The minimum Gasteiger partial charge on any atom is -0.207 e. The number of sulfonamides is 1. The fraction of sp³-hybridized carbons (Fsp3) is 0.417. The monoisotopic (exact) mass is 250 g/mol. The predicted octanol–water partition coefficient (Wildman–Crippen LogP) is 1.73. The molecule has 1 saturated heterocycles. The lowest BCUT2D eigenvalue weighted by molar-refractivity contribution is 0.408. The van der Waals surface area contributed by atoms with Crippen molar-refractivity contribution in [3.63, 3.8) is 0 Å². The molecule has 1 fully saturated rings. The molecule has 5 heteroatoms. The number of hydrogen-bond donors (Lipinski definition) is 0. The van der Waals surface area contributed by atoms with Gasteiger partial charge in [-0.3, -0.25) is 0 Å². The first-order valence-electron chi connectivity index (χ1n) is 5.58. The van der Waals surface area contributed by atoms with Gasteiger partial charge in [0, 0.05) is 12.6 Å². The van der Waals surface area contributed by atoms with Gasteiger partial charge in [-0.1, -0.05) is 0 Å². The Hall–Kier alpha value is -1.38. The third-order valence-corrected chi connectivity index (χ3v) is 5.11. The standard InChI is InChI=1S/C12H14N2O2S/c1-10-3-2-8-14(10)17(15,16)12-6-4-11(9-13)5-7-12/h4-7,10H,2-3,8H2,1H3. The Morgan fingerprint density at radius 2 is 2.00 bits per heavy atom. The van der Waals surface area contributed by atoms with Crippen LogP contribution in [0.15, 0.2) is 29.2 Å². The third-order valence-electron chi connectivity index (χ3n) is 3.08. The van der Waals surface area contributed by atoms with Crippen LogP contribution in [0.2, 0.25) is 0 Å². The smallest absolute Gasteiger partial charge is 0.207 e. The average molecular weight is 250 g/mol. The van der Waals surface area contributed by atoms with Crippen molar-refractivity contribution in [1.82, 2.24) is 4.31 Å². The lowest BCUT2D eigenvalue weighted by Gasteiger charge is -2.20. The van der Waals surface area contributed by atoms with Gasteiger partial charge >= 0.3 is 0 Å². The van der Waals surface area contributed by atoms with Crippen molar-refractivity contribution in [3.8, 4) is 6.07 Å². The van der Waals surface area contributed by atoms with E-state index in [0.29, 0.717) is 12.1 Å². The zero-order chi connectivity index (χ0) is 12.5. The maximum absolute atomic E-state index is 12.3. The molecule has 4 nitrogen and oxygen atoms in total. The van der Waals surface area contributed by atoms with Crippen molar-refractivity contribution in [3.05, 3.63) is 29.8 Å². The summed E-state index contributed by atoms with van der Waals surface area (Å²) in [6.45, 7) is 2.51. The largest absolute Gasteiger partial charge is 0.243 e. The molecule has 17 heavy (non-hydrogen) atoms. The van der Waals surface area contributed by atoms with Crippen molar-refractivity contribution < 1.29 is 8.42 Å². The minimum absolute atomic E-state index is 0.0654. The number of rotatable bonds is 2. The van der Waals surface area contributed by atoms with Crippen molar-refractivity contribution in [2.24, 2.45) is 0 Å². The molecule has 1 aliphatic heterocycles. The Labute approximate surface area is 102 Å². The maximum atomic E-state index is 12.3. The van der Waals surface area contributed by atoms with Gasteiger partial charge in [-0.25, -0.2) is 8.42 Å². The van der Waals surface area contributed by atoms with E-state index >= 15 is 0 Å². The fourth-order valence-corrected chi connectivity index (χ4v) is 3.80. The summed E-state index contributed by atoms with van der Waals surface area (Å²) < 4.78 is 26.1. The van der Waals surface area contributed by atoms with E-state index in [1.54, 1.807) is 0 Å². The Balaban J connectivity index is 2.35. The summed E-state index contributed by atoms with van der Waals surface area (Å²) in [5.74, 6) is 0. The average Bonchev–Trinajstić information content (AvgIpc) is 2.76. The molecule has 0 bridgehead atoms. The third kappa shape index (κ3) is 2.19. The molecule has 0 amide bonds. The molecule has 1 aromatic rings. The molecular formula is C12H14N2O2S. The summed E-state index contributed by atoms with van der Waals surface area (Å²) in [6, 6.07) is 8.11. The van der Waals surface area contributed by atoms with Crippen molar-refractivity contribution in [1.29, 1.82) is 5.26 Å². The van der Waals surface area contributed by atoms with Crippen molar-refractivity contribution in [2.75, 3.05) is 6.54 Å². The topological polar surface area (TPSA) is 61.2 Å². The normalized spacial score (nSPS) is 21.3. The molecule has 2 rings (SSSR count). The highest BCUT2D eigenvalue weighted by molar-refractivity contribution is 7.89. The Kier molecular flexibility index (Phi) is 3.18. The van der Waals surface area contributed by atoms with E-state index in [0.717, 1.165) is 12.8 Å². The number of nitriles is 1. The van der Waals surface area contributed by atoms with E-state index in [9.17, 15) is 8.42 Å². The van der Waals surface area contributed by atoms with Crippen LogP contribution < -0.4 is 0 Å². The van der Waals surface area contributed by atoms with E-state index in [1.165, 1.54) is 28.6 Å². The highest BCUT2D eigenvalue weighted by atomic mass is 32.2. The molecule has 1 unspecified atom stereocenters. The van der Waals surface area contributed by atoms with Gasteiger partial charge in [0.1, 0.15) is 0 Å². The zero-order valence-corrected chi connectivity index (χ0v) is 10.4. The van der Waals surface area contributed by atoms with E-state index in [4.69, 9.17) is 5.26 Å². The molecule has 0 N–H and O–H groups in total. The van der Waals surface area contributed by atoms with Gasteiger partial charge in [-0.15, -0.1) is 0 Å². The fourth-order valence-electron chi connectivity index (χ4n) is 2.10. The summed E-state index contributed by atoms with van der Waals surface area (Å²) >= 11 is 0. The molecule has 0 aliphatic carbocycles. The molecular weight excluding hydrogens is 236 g/mol. The number of benzene rings is 1. The van der Waals surface area contributed by atoms with E-state index in [2.05, 4.69) is 0 Å². The SMILES string of the molecule is CC1CCCN1S(=O)(=O)c1ccc(C#N)cc1. The van der Waals surface area contributed by atoms with Gasteiger partial charge in [-0.05, 0) is 44.0 Å². The van der Waals surface area contributed by atoms with Crippen LogP contribution in [0.5, 0.6) is 0 Å². The summed E-state index contributed by atoms with van der Waals surface area (Å²) in [6.07, 6.45) is 1.83. The summed E-state index contributed by atoms with van der Waals surface area (Å²) in [4.78, 5) is 0.269. The Morgan fingerprint density at radius 3 is 2.47 bits per heavy atom. The maximum Gasteiger partial charge on any atom is 0.243 e. The van der Waals surface area contributed by atoms with Crippen LogP contribution in [0.3, 0.4) is 0 Å². The lowest BCUT2D eigenvalue weighted by Crippen LogP contribution is -2.33. The summed E-state index contributed by atoms with van der Waals surface area (Å²) in [5.41, 5.74) is 0.471. The molecule has 1 atom stereocenters. The van der Waals surface area contributed by atoms with Gasteiger partial charge in [-0.2, -0.15) is 9.57 Å². The molecule has 1 aliphatic rings. The number of hydrogen-bond acceptors (Lipinski definition) is 3. The van der Waals surface area contributed by atoms with Gasteiger partial charge in [0.25, 0.3) is 0 Å². The second-order valence-electron chi connectivity index (χ2n) is 4.24. The lowest BCUT2D eigenvalue weighted by atomic mass is 10.2. The molecule has 90 valence electrons. The van der Waals surface area contributed by atoms with Crippen LogP contribution in [-0.4, -0.2) is 25.3 Å². The van der Waals surface area contributed by atoms with Gasteiger partial charge < -0.3 is 0 Å². The van der Waals surface area contributed by atoms with Crippen LogP contribution in [0.4, 0.5) is 0 Å². The molecule has 0 radical (unpaired) electrons. The molecule has 0 aromatic heterocycles. The molecule has 1 heterocycles. The molecule has 1 aromatic carbocycles. The first kappa shape index (κ1) is 12.1. The van der Waals surface area contributed by atoms with E-state index in [1.807, 2.05) is 13.0 Å². The van der Waals surface area contributed by atoms with Gasteiger partial charge in [0.05, 0.1) is 16.5 Å². The van der Waals surface area contributed by atoms with Crippen molar-refractivity contribution >= 4 is 10.0 Å². The second kappa shape index (κ2) is 4.47. The first-order valence-corrected chi connectivity index (χ1v) is 7.02. The summed E-state index contributed by atoms with van der Waals surface area (Å²) in [5, 5.41) is 8.68. The van der Waals surface area contributed by atoms with Crippen LogP contribution in [0.25, 0.3) is 0 Å². The zero-order valence-electron chi connectivity index (χ0n) is 9.63. The van der Waals surface area contributed by atoms with E-state index in [-0.39, 0.29) is 10.9 Å². The van der Waals surface area contributed by atoms with Gasteiger partial charge in [0.15, 0.2) is 0 Å². The summed E-state index contributed by atoms with van der Waals surface area (Å²) in [7, 11) is -3.39. The van der Waals surface area contributed by atoms with Crippen LogP contribution in [-0.2, 0) is 10.0 Å². The van der Waals surface area contributed by atoms with E-state index < -0.39 is 10.0 Å². The van der Waals surface area contributed by atoms with Crippen molar-refractivity contribution in [2.45, 2.75) is 30.7 Å². The van der Waals surface area contributed by atoms with Crippen LogP contribution >= 0.6 is 0 Å². The molecule has 0 spiro atoms. The highest BCUT2D eigenvalue weighted by Crippen LogP contribution is 2.25. The number of nitrogens with zero attached hydrogens (tertiary/aromatic N) is 2. The quantitative estimate of drug-likeness (QED) is 0.803.